The lowest BCUT2D eigenvalue weighted by Crippen LogP contribution is -2.13. The van der Waals surface area contributed by atoms with Crippen LogP contribution in [0.2, 0.25) is 0 Å². The number of carbonyl (C=O) groups excluding carboxylic acids is 1. The Labute approximate surface area is 161 Å². The van der Waals surface area contributed by atoms with Gasteiger partial charge in [-0.05, 0) is 30.7 Å². The Kier molecular flexibility index (Phi) is 5.98. The lowest BCUT2D eigenvalue weighted by atomic mass is 10.1. The largest absolute Gasteiger partial charge is 0.494 e. The molecule has 5 nitrogen and oxygen atoms in total. The third-order valence-corrected chi connectivity index (χ3v) is 4.42. The Bertz CT molecular complexity index is 986. The second-order valence-electron chi connectivity index (χ2n) is 5.53. The van der Waals surface area contributed by atoms with Crippen molar-refractivity contribution >= 4 is 28.5 Å². The average molecular weight is 375 g/mol. The number of aromatic nitrogens is 1. The molecule has 3 rings (SSSR count). The minimum atomic E-state index is -0.486. The highest BCUT2D eigenvalue weighted by Gasteiger charge is 2.12. The van der Waals surface area contributed by atoms with E-state index in [9.17, 15) is 10.1 Å². The molecule has 1 N–H and O–H groups in total. The van der Waals surface area contributed by atoms with Crippen LogP contribution in [0.3, 0.4) is 0 Å². The van der Waals surface area contributed by atoms with Crippen molar-refractivity contribution in [3.8, 4) is 23.1 Å². The van der Waals surface area contributed by atoms with Gasteiger partial charge in [0.2, 0.25) is 0 Å². The SMILES string of the molecule is CCOc1ccc(/C=C(\C#N)C(=O)Nc2nc(-c3ccccc3)cs2)cc1. The molecule has 0 atom stereocenters. The summed E-state index contributed by atoms with van der Waals surface area (Å²) in [6.45, 7) is 2.49. The number of benzene rings is 2. The molecular formula is C21H17N3O2S. The Hall–Kier alpha value is -3.43. The predicted octanol–water partition coefficient (Wildman–Crippen LogP) is 4.75. The van der Waals surface area contributed by atoms with Gasteiger partial charge in [-0.1, -0.05) is 42.5 Å². The molecule has 0 saturated heterocycles. The first kappa shape index (κ1) is 18.4. The number of nitrogens with one attached hydrogen (secondary N) is 1. The van der Waals surface area contributed by atoms with Crippen LogP contribution < -0.4 is 10.1 Å². The molecule has 0 aliphatic carbocycles. The first-order valence-electron chi connectivity index (χ1n) is 8.36. The number of carbonyl (C=O) groups is 1. The van der Waals surface area contributed by atoms with Crippen LogP contribution in [0, 0.1) is 11.3 Å². The summed E-state index contributed by atoms with van der Waals surface area (Å²) in [5.74, 6) is 0.259. The van der Waals surface area contributed by atoms with E-state index in [0.29, 0.717) is 11.7 Å². The highest BCUT2D eigenvalue weighted by molar-refractivity contribution is 7.14. The van der Waals surface area contributed by atoms with Crippen molar-refractivity contribution in [3.05, 3.63) is 71.1 Å². The van der Waals surface area contributed by atoms with Gasteiger partial charge in [0.25, 0.3) is 5.91 Å². The van der Waals surface area contributed by atoms with Gasteiger partial charge in [-0.25, -0.2) is 4.98 Å². The van der Waals surface area contributed by atoms with Gasteiger partial charge >= 0.3 is 0 Å². The van der Waals surface area contributed by atoms with Crippen LogP contribution >= 0.6 is 11.3 Å². The minimum Gasteiger partial charge on any atom is -0.494 e. The van der Waals surface area contributed by atoms with E-state index in [0.717, 1.165) is 22.6 Å². The zero-order valence-electron chi connectivity index (χ0n) is 14.7. The van der Waals surface area contributed by atoms with E-state index in [1.54, 1.807) is 24.3 Å². The van der Waals surface area contributed by atoms with Crippen molar-refractivity contribution in [1.82, 2.24) is 4.98 Å². The van der Waals surface area contributed by atoms with Crippen LogP contribution in [-0.4, -0.2) is 17.5 Å². The zero-order chi connectivity index (χ0) is 19.1. The maximum Gasteiger partial charge on any atom is 0.268 e. The van der Waals surface area contributed by atoms with Crippen molar-refractivity contribution in [1.29, 1.82) is 5.26 Å². The summed E-state index contributed by atoms with van der Waals surface area (Å²) in [7, 11) is 0. The third kappa shape index (κ3) is 4.81. The predicted molar refractivity (Wildman–Crippen MR) is 107 cm³/mol. The monoisotopic (exact) mass is 375 g/mol. The fourth-order valence-electron chi connectivity index (χ4n) is 2.38. The van der Waals surface area contributed by atoms with Gasteiger partial charge in [-0.3, -0.25) is 10.1 Å². The molecule has 3 aromatic rings. The van der Waals surface area contributed by atoms with Gasteiger partial charge < -0.3 is 4.74 Å². The van der Waals surface area contributed by atoms with Gasteiger partial charge in [0.1, 0.15) is 17.4 Å². The molecule has 0 aliphatic rings. The van der Waals surface area contributed by atoms with Gasteiger partial charge in [-0.15, -0.1) is 11.3 Å². The number of hydrogen-bond acceptors (Lipinski definition) is 5. The molecule has 0 radical (unpaired) electrons. The highest BCUT2D eigenvalue weighted by Crippen LogP contribution is 2.25. The molecule has 27 heavy (non-hydrogen) atoms. The molecule has 1 aromatic heterocycles. The Morgan fingerprint density at radius 1 is 1.22 bits per heavy atom. The smallest absolute Gasteiger partial charge is 0.268 e. The number of hydrogen-bond donors (Lipinski definition) is 1. The molecule has 0 bridgehead atoms. The first-order chi connectivity index (χ1) is 13.2. The second kappa shape index (κ2) is 8.79. The van der Waals surface area contributed by atoms with Crippen molar-refractivity contribution < 1.29 is 9.53 Å². The average Bonchev–Trinajstić information content (AvgIpc) is 3.16. The number of ether oxygens (including phenoxy) is 1. The highest BCUT2D eigenvalue weighted by atomic mass is 32.1. The van der Waals surface area contributed by atoms with E-state index >= 15 is 0 Å². The topological polar surface area (TPSA) is 75.0 Å². The van der Waals surface area contributed by atoms with Crippen LogP contribution in [-0.2, 0) is 4.79 Å². The van der Waals surface area contributed by atoms with Gasteiger partial charge in [0.05, 0.1) is 12.3 Å². The number of amides is 1. The number of anilines is 1. The molecule has 2 aromatic carbocycles. The van der Waals surface area contributed by atoms with E-state index in [1.165, 1.54) is 17.4 Å². The van der Waals surface area contributed by atoms with Crippen molar-refractivity contribution in [3.63, 3.8) is 0 Å². The van der Waals surface area contributed by atoms with Crippen molar-refractivity contribution in [2.24, 2.45) is 0 Å². The van der Waals surface area contributed by atoms with E-state index in [2.05, 4.69) is 10.3 Å². The Morgan fingerprint density at radius 3 is 2.63 bits per heavy atom. The van der Waals surface area contributed by atoms with Crippen molar-refractivity contribution in [2.45, 2.75) is 6.92 Å². The summed E-state index contributed by atoms with van der Waals surface area (Å²) < 4.78 is 5.39. The van der Waals surface area contributed by atoms with Crippen molar-refractivity contribution in [2.75, 3.05) is 11.9 Å². The molecular weight excluding hydrogens is 358 g/mol. The summed E-state index contributed by atoms with van der Waals surface area (Å²) in [4.78, 5) is 16.8. The van der Waals surface area contributed by atoms with E-state index < -0.39 is 5.91 Å². The summed E-state index contributed by atoms with van der Waals surface area (Å²) >= 11 is 1.32. The molecule has 0 fully saturated rings. The summed E-state index contributed by atoms with van der Waals surface area (Å²) in [5, 5.41) is 14.3. The van der Waals surface area contributed by atoms with E-state index in [4.69, 9.17) is 4.74 Å². The first-order valence-corrected chi connectivity index (χ1v) is 9.24. The van der Waals surface area contributed by atoms with Crippen LogP contribution in [0.1, 0.15) is 12.5 Å². The number of rotatable bonds is 6. The third-order valence-electron chi connectivity index (χ3n) is 3.66. The van der Waals surface area contributed by atoms with E-state index in [1.807, 2.05) is 48.7 Å². The van der Waals surface area contributed by atoms with Crippen LogP contribution in [0.4, 0.5) is 5.13 Å². The lowest BCUT2D eigenvalue weighted by Gasteiger charge is -2.03. The minimum absolute atomic E-state index is 0.00983. The number of thiazole rings is 1. The van der Waals surface area contributed by atoms with Gasteiger partial charge in [0, 0.05) is 10.9 Å². The summed E-state index contributed by atoms with van der Waals surface area (Å²) in [6.07, 6.45) is 1.54. The fraction of sp³-hybridized carbons (Fsp3) is 0.0952. The number of nitrogens with zero attached hydrogens (tertiary/aromatic N) is 2. The van der Waals surface area contributed by atoms with Crippen LogP contribution in [0.5, 0.6) is 5.75 Å². The van der Waals surface area contributed by atoms with E-state index in [-0.39, 0.29) is 5.57 Å². The molecule has 0 unspecified atom stereocenters. The lowest BCUT2D eigenvalue weighted by molar-refractivity contribution is -0.112. The normalized spacial score (nSPS) is 10.9. The van der Waals surface area contributed by atoms with Gasteiger partial charge in [0.15, 0.2) is 5.13 Å². The van der Waals surface area contributed by atoms with Crippen LogP contribution in [0.15, 0.2) is 65.6 Å². The summed E-state index contributed by atoms with van der Waals surface area (Å²) in [6, 6.07) is 18.8. The maximum atomic E-state index is 12.4. The standard InChI is InChI=1S/C21H17N3O2S/c1-2-26-18-10-8-15(9-11-18)12-17(13-22)20(25)24-21-23-19(14-27-21)16-6-4-3-5-7-16/h3-12,14H,2H2,1H3,(H,23,24,25)/b17-12+. The molecule has 1 heterocycles. The van der Waals surface area contributed by atoms with Gasteiger partial charge in [-0.2, -0.15) is 5.26 Å². The second-order valence-corrected chi connectivity index (χ2v) is 6.39. The molecule has 0 spiro atoms. The Balaban J connectivity index is 1.72. The summed E-state index contributed by atoms with van der Waals surface area (Å²) in [5.41, 5.74) is 2.51. The molecule has 6 heteroatoms. The fourth-order valence-corrected chi connectivity index (χ4v) is 3.09. The number of nitriles is 1. The molecule has 1 amide bonds. The molecule has 0 aliphatic heterocycles. The Morgan fingerprint density at radius 2 is 1.96 bits per heavy atom. The quantitative estimate of drug-likeness (QED) is 0.498. The zero-order valence-corrected chi connectivity index (χ0v) is 15.5. The molecule has 0 saturated carbocycles. The van der Waals surface area contributed by atoms with Crippen LogP contribution in [0.25, 0.3) is 17.3 Å². The molecule has 134 valence electrons. The maximum absolute atomic E-state index is 12.4.